The van der Waals surface area contributed by atoms with Crippen LogP contribution in [-0.2, 0) is 5.54 Å². The highest BCUT2D eigenvalue weighted by Crippen LogP contribution is 2.66. The summed E-state index contributed by atoms with van der Waals surface area (Å²) in [6.45, 7) is 0. The highest BCUT2D eigenvalue weighted by Gasteiger charge is 2.59. The van der Waals surface area contributed by atoms with Crippen LogP contribution >= 0.6 is 0 Å². The van der Waals surface area contributed by atoms with Crippen LogP contribution in [-0.4, -0.2) is 0 Å². The number of halogens is 2. The van der Waals surface area contributed by atoms with Crippen molar-refractivity contribution in [1.82, 2.24) is 0 Å². The second-order valence-corrected chi connectivity index (χ2v) is 5.17. The summed E-state index contributed by atoms with van der Waals surface area (Å²) in [6, 6.07) is 3.61. The summed E-state index contributed by atoms with van der Waals surface area (Å²) in [7, 11) is 0. The third-order valence-corrected chi connectivity index (χ3v) is 3.78. The number of hydrogen-bond donors (Lipinski definition) is 1. The van der Waals surface area contributed by atoms with E-state index in [1.807, 2.05) is 0 Å². The second kappa shape index (κ2) is 2.59. The molecule has 0 aromatic heterocycles. The van der Waals surface area contributed by atoms with Gasteiger partial charge in [0.1, 0.15) is 11.6 Å². The van der Waals surface area contributed by atoms with Gasteiger partial charge < -0.3 is 5.73 Å². The third kappa shape index (κ3) is 1.37. The summed E-state index contributed by atoms with van der Waals surface area (Å²) >= 11 is 0. The van der Waals surface area contributed by atoms with Gasteiger partial charge in [0.25, 0.3) is 0 Å². The van der Waals surface area contributed by atoms with Crippen molar-refractivity contribution >= 4 is 0 Å². The van der Waals surface area contributed by atoms with Crippen LogP contribution in [0, 0.1) is 17.0 Å². The maximum Gasteiger partial charge on any atom is 0.126 e. The standard InChI is InChI=1S/C12H13F2N/c13-9-3-8(4-10(14)5-9)12(15)6-11(7-12)1-2-11/h3-5H,1-2,6-7,15H2. The van der Waals surface area contributed by atoms with Crippen LogP contribution in [0.2, 0.25) is 0 Å². The number of nitrogens with two attached hydrogens (primary N) is 1. The van der Waals surface area contributed by atoms with E-state index in [4.69, 9.17) is 5.73 Å². The highest BCUT2D eigenvalue weighted by atomic mass is 19.1. The van der Waals surface area contributed by atoms with Crippen LogP contribution in [0.1, 0.15) is 31.2 Å². The van der Waals surface area contributed by atoms with Crippen molar-refractivity contribution in [1.29, 1.82) is 0 Å². The molecule has 0 radical (unpaired) electrons. The fraction of sp³-hybridized carbons (Fsp3) is 0.500. The molecule has 0 unspecified atom stereocenters. The zero-order valence-electron chi connectivity index (χ0n) is 8.39. The zero-order chi connectivity index (χ0) is 10.7. The molecule has 0 saturated heterocycles. The Balaban J connectivity index is 1.92. The summed E-state index contributed by atoms with van der Waals surface area (Å²) < 4.78 is 26.1. The largest absolute Gasteiger partial charge is 0.321 e. The molecule has 0 heterocycles. The monoisotopic (exact) mass is 209 g/mol. The first-order valence-electron chi connectivity index (χ1n) is 5.27. The molecule has 0 aliphatic heterocycles. The summed E-state index contributed by atoms with van der Waals surface area (Å²) in [6.07, 6.45) is 4.21. The molecular weight excluding hydrogens is 196 g/mol. The van der Waals surface area contributed by atoms with Crippen molar-refractivity contribution in [3.05, 3.63) is 35.4 Å². The quantitative estimate of drug-likeness (QED) is 0.756. The molecule has 1 spiro atoms. The van der Waals surface area contributed by atoms with Gasteiger partial charge in [-0.05, 0) is 48.8 Å². The maximum absolute atomic E-state index is 13.0. The van der Waals surface area contributed by atoms with Crippen molar-refractivity contribution in [3.63, 3.8) is 0 Å². The van der Waals surface area contributed by atoms with Gasteiger partial charge in [-0.3, -0.25) is 0 Å². The Morgan fingerprint density at radius 2 is 1.53 bits per heavy atom. The zero-order valence-corrected chi connectivity index (χ0v) is 8.39. The van der Waals surface area contributed by atoms with Gasteiger partial charge in [0.05, 0.1) is 0 Å². The van der Waals surface area contributed by atoms with Crippen LogP contribution < -0.4 is 5.73 Å². The number of hydrogen-bond acceptors (Lipinski definition) is 1. The Morgan fingerprint density at radius 3 is 2.00 bits per heavy atom. The van der Waals surface area contributed by atoms with E-state index < -0.39 is 17.2 Å². The number of benzene rings is 1. The van der Waals surface area contributed by atoms with Gasteiger partial charge in [-0.1, -0.05) is 0 Å². The predicted molar refractivity (Wildman–Crippen MR) is 53.1 cm³/mol. The summed E-state index contributed by atoms with van der Waals surface area (Å²) in [5, 5.41) is 0. The highest BCUT2D eigenvalue weighted by molar-refractivity contribution is 5.32. The minimum absolute atomic E-state index is 0.428. The Labute approximate surface area is 87.3 Å². The summed E-state index contributed by atoms with van der Waals surface area (Å²) in [5.74, 6) is -1.07. The minimum atomic E-state index is -0.536. The molecular formula is C12H13F2N. The first-order valence-corrected chi connectivity index (χ1v) is 5.27. The minimum Gasteiger partial charge on any atom is -0.321 e. The van der Waals surface area contributed by atoms with E-state index in [0.717, 1.165) is 18.9 Å². The van der Waals surface area contributed by atoms with Gasteiger partial charge in [0.15, 0.2) is 0 Å². The molecule has 0 bridgehead atoms. The van der Waals surface area contributed by atoms with Crippen LogP contribution in [0.25, 0.3) is 0 Å². The lowest BCUT2D eigenvalue weighted by Gasteiger charge is -2.46. The Bertz CT molecular complexity index is 395. The van der Waals surface area contributed by atoms with E-state index >= 15 is 0 Å². The van der Waals surface area contributed by atoms with E-state index in [2.05, 4.69) is 0 Å². The lowest BCUT2D eigenvalue weighted by molar-refractivity contribution is 0.124. The summed E-state index contributed by atoms with van der Waals surface area (Å²) in [5.41, 5.74) is 6.69. The molecule has 2 N–H and O–H groups in total. The van der Waals surface area contributed by atoms with Crippen LogP contribution in [0.3, 0.4) is 0 Å². The van der Waals surface area contributed by atoms with Gasteiger partial charge in [-0.25, -0.2) is 8.78 Å². The smallest absolute Gasteiger partial charge is 0.126 e. The van der Waals surface area contributed by atoms with Gasteiger partial charge in [-0.2, -0.15) is 0 Å². The molecule has 2 saturated carbocycles. The molecule has 1 nitrogen and oxygen atoms in total. The lowest BCUT2D eigenvalue weighted by atomic mass is 9.63. The first-order chi connectivity index (χ1) is 7.01. The van der Waals surface area contributed by atoms with Crippen molar-refractivity contribution in [3.8, 4) is 0 Å². The molecule has 2 aliphatic carbocycles. The molecule has 1 aromatic carbocycles. The lowest BCUT2D eigenvalue weighted by Crippen LogP contribution is -2.50. The van der Waals surface area contributed by atoms with Crippen LogP contribution in [0.5, 0.6) is 0 Å². The average molecular weight is 209 g/mol. The summed E-state index contributed by atoms with van der Waals surface area (Å²) in [4.78, 5) is 0. The molecule has 1 aromatic rings. The van der Waals surface area contributed by atoms with E-state index in [9.17, 15) is 8.78 Å². The molecule has 3 heteroatoms. The predicted octanol–water partition coefficient (Wildman–Crippen LogP) is 2.69. The van der Waals surface area contributed by atoms with Gasteiger partial charge in [0, 0.05) is 11.6 Å². The number of rotatable bonds is 1. The Kier molecular flexibility index (Phi) is 1.60. The van der Waals surface area contributed by atoms with Gasteiger partial charge >= 0.3 is 0 Å². The molecule has 2 fully saturated rings. The molecule has 0 atom stereocenters. The third-order valence-electron chi connectivity index (χ3n) is 3.78. The van der Waals surface area contributed by atoms with Crippen molar-refractivity contribution in [2.75, 3.05) is 0 Å². The van der Waals surface area contributed by atoms with Gasteiger partial charge in [0.2, 0.25) is 0 Å². The normalized spacial score (nSPS) is 25.0. The van der Waals surface area contributed by atoms with Crippen LogP contribution in [0.4, 0.5) is 8.78 Å². The van der Waals surface area contributed by atoms with Crippen LogP contribution in [0.15, 0.2) is 18.2 Å². The topological polar surface area (TPSA) is 26.0 Å². The second-order valence-electron chi connectivity index (χ2n) is 5.17. The maximum atomic E-state index is 13.0. The van der Waals surface area contributed by atoms with Crippen molar-refractivity contribution in [2.24, 2.45) is 11.1 Å². The fourth-order valence-electron chi connectivity index (χ4n) is 2.86. The van der Waals surface area contributed by atoms with E-state index in [1.54, 1.807) is 0 Å². The molecule has 2 aliphatic rings. The molecule has 80 valence electrons. The SMILES string of the molecule is NC1(c2cc(F)cc(F)c2)CC2(CC2)C1. The fourth-order valence-corrected chi connectivity index (χ4v) is 2.86. The molecule has 15 heavy (non-hydrogen) atoms. The van der Waals surface area contributed by atoms with E-state index in [0.29, 0.717) is 11.0 Å². The molecule has 3 rings (SSSR count). The van der Waals surface area contributed by atoms with Crippen molar-refractivity contribution < 1.29 is 8.78 Å². The molecule has 0 amide bonds. The Hall–Kier alpha value is -0.960. The first kappa shape index (κ1) is 9.28. The van der Waals surface area contributed by atoms with E-state index in [1.165, 1.54) is 25.0 Å². The Morgan fingerprint density at radius 1 is 1.00 bits per heavy atom. The van der Waals surface area contributed by atoms with Crippen molar-refractivity contribution in [2.45, 2.75) is 31.2 Å². The van der Waals surface area contributed by atoms with E-state index in [-0.39, 0.29) is 0 Å². The van der Waals surface area contributed by atoms with Gasteiger partial charge in [-0.15, -0.1) is 0 Å². The average Bonchev–Trinajstić information content (AvgIpc) is 2.81.